The summed E-state index contributed by atoms with van der Waals surface area (Å²) in [6, 6.07) is 1.47. The minimum Gasteiger partial charge on any atom is -0.326 e. The second kappa shape index (κ2) is 7.85. The lowest BCUT2D eigenvalue weighted by Crippen LogP contribution is -2.50. The van der Waals surface area contributed by atoms with E-state index < -0.39 is 33.9 Å². The topological polar surface area (TPSA) is 64.8 Å². The number of pyridine rings is 1. The summed E-state index contributed by atoms with van der Waals surface area (Å²) in [4.78, 5) is 7.98. The van der Waals surface area contributed by atoms with Gasteiger partial charge in [0.1, 0.15) is 5.69 Å². The van der Waals surface area contributed by atoms with Gasteiger partial charge in [0.05, 0.1) is 22.5 Å². The van der Waals surface area contributed by atoms with Crippen LogP contribution in [0.4, 0.5) is 30.7 Å². The highest BCUT2D eigenvalue weighted by Crippen LogP contribution is 2.47. The summed E-state index contributed by atoms with van der Waals surface area (Å²) in [6.07, 6.45) is -2.45. The van der Waals surface area contributed by atoms with Gasteiger partial charge >= 0.3 is 18.0 Å². The highest BCUT2D eigenvalue weighted by Gasteiger charge is 2.71. The maximum atomic E-state index is 13.6. The Balaban J connectivity index is 2.02. The first kappa shape index (κ1) is 24.2. The van der Waals surface area contributed by atoms with Crippen LogP contribution >= 0.6 is 0 Å². The Hall–Kier alpha value is -2.44. The normalized spacial score (nSPS) is 16.2. The molecule has 5 nitrogen and oxygen atoms in total. The van der Waals surface area contributed by atoms with Gasteiger partial charge in [0.2, 0.25) is 0 Å². The Labute approximate surface area is 178 Å². The molecule has 0 aliphatic heterocycles. The Kier molecular flexibility index (Phi) is 5.94. The van der Waals surface area contributed by atoms with Crippen LogP contribution in [0.15, 0.2) is 29.4 Å². The molecule has 3 rings (SSSR count). The highest BCUT2D eigenvalue weighted by molar-refractivity contribution is 7.91. The predicted molar refractivity (Wildman–Crippen MR) is 101 cm³/mol. The lowest BCUT2D eigenvalue weighted by molar-refractivity contribution is -0.341. The summed E-state index contributed by atoms with van der Waals surface area (Å²) >= 11 is 0. The molecule has 0 N–H and O–H groups in total. The molecule has 1 saturated carbocycles. The average Bonchev–Trinajstić information content (AvgIpc) is 3.48. The molecule has 1 aliphatic rings. The van der Waals surface area contributed by atoms with Crippen LogP contribution in [0.3, 0.4) is 0 Å². The number of hydrogen-bond donors (Lipinski definition) is 0. The molecule has 0 amide bonds. The van der Waals surface area contributed by atoms with Crippen molar-refractivity contribution in [1.82, 2.24) is 14.5 Å². The standard InChI is InChI=1S/C19H18F7N3O2S/c1-3-32(30,31)14-8-12(11-4-5-11)9-27-15(14)16-28-10-13(29(16)2)6-7-17(20,21)18(22,23)19(24,25)26/h6-11H,3-5H2,1-2H3/b7-6+. The van der Waals surface area contributed by atoms with Gasteiger partial charge in [0.15, 0.2) is 15.7 Å². The first-order chi connectivity index (χ1) is 14.6. The zero-order chi connectivity index (χ0) is 24.1. The maximum Gasteiger partial charge on any atom is 0.460 e. The molecular formula is C19H18F7N3O2S. The van der Waals surface area contributed by atoms with Gasteiger partial charge in [-0.3, -0.25) is 4.98 Å². The summed E-state index contributed by atoms with van der Waals surface area (Å²) in [6.45, 7) is 1.43. The molecule has 0 saturated heterocycles. The van der Waals surface area contributed by atoms with Crippen LogP contribution in [0.1, 0.15) is 36.9 Å². The Morgan fingerprint density at radius 3 is 2.25 bits per heavy atom. The average molecular weight is 485 g/mol. The number of halogens is 7. The molecule has 2 aromatic heterocycles. The lowest BCUT2D eigenvalue weighted by Gasteiger charge is -2.25. The van der Waals surface area contributed by atoms with Gasteiger partial charge in [0, 0.05) is 13.2 Å². The summed E-state index contributed by atoms with van der Waals surface area (Å²) in [5, 5.41) is 0. The van der Waals surface area contributed by atoms with Gasteiger partial charge in [-0.1, -0.05) is 6.92 Å². The lowest BCUT2D eigenvalue weighted by atomic mass is 10.1. The van der Waals surface area contributed by atoms with Crippen molar-refractivity contribution < 1.29 is 39.2 Å². The van der Waals surface area contributed by atoms with E-state index >= 15 is 0 Å². The van der Waals surface area contributed by atoms with Crippen LogP contribution < -0.4 is 0 Å². The van der Waals surface area contributed by atoms with Crippen molar-refractivity contribution in [2.45, 2.75) is 48.6 Å². The van der Waals surface area contributed by atoms with Crippen molar-refractivity contribution in [2.75, 3.05) is 5.75 Å². The maximum absolute atomic E-state index is 13.6. The Morgan fingerprint density at radius 2 is 1.72 bits per heavy atom. The Bertz CT molecular complexity index is 1150. The van der Waals surface area contributed by atoms with E-state index in [1.165, 1.54) is 26.2 Å². The third kappa shape index (κ3) is 4.26. The van der Waals surface area contributed by atoms with Gasteiger partial charge in [0.25, 0.3) is 0 Å². The van der Waals surface area contributed by atoms with Gasteiger partial charge in [-0.2, -0.15) is 30.7 Å². The molecule has 0 aromatic carbocycles. The second-order valence-corrected chi connectivity index (χ2v) is 9.63. The van der Waals surface area contributed by atoms with Crippen molar-refractivity contribution in [1.29, 1.82) is 0 Å². The number of alkyl halides is 7. The molecule has 2 heterocycles. The fourth-order valence-electron chi connectivity index (χ4n) is 2.94. The minimum atomic E-state index is -6.45. The van der Waals surface area contributed by atoms with Crippen LogP contribution in [0.25, 0.3) is 17.6 Å². The van der Waals surface area contributed by atoms with E-state index in [-0.39, 0.29) is 33.8 Å². The molecular weight excluding hydrogens is 467 g/mol. The number of rotatable bonds is 7. The molecule has 2 aromatic rings. The molecule has 0 radical (unpaired) electrons. The van der Waals surface area contributed by atoms with Crippen LogP contribution in [0.2, 0.25) is 0 Å². The fourth-order valence-corrected chi connectivity index (χ4v) is 4.01. The number of aromatic nitrogens is 3. The molecule has 176 valence electrons. The zero-order valence-corrected chi connectivity index (χ0v) is 17.6. The molecule has 0 bridgehead atoms. The van der Waals surface area contributed by atoms with Gasteiger partial charge in [-0.05, 0) is 42.5 Å². The minimum absolute atomic E-state index is 0.0780. The molecule has 32 heavy (non-hydrogen) atoms. The van der Waals surface area contributed by atoms with E-state index in [9.17, 15) is 39.2 Å². The number of imidazole rings is 1. The summed E-state index contributed by atoms with van der Waals surface area (Å²) in [7, 11) is -2.50. The summed E-state index contributed by atoms with van der Waals surface area (Å²) in [5.74, 6) is -11.9. The van der Waals surface area contributed by atoms with E-state index in [1.54, 1.807) is 0 Å². The fraction of sp³-hybridized carbons (Fsp3) is 0.474. The smallest absolute Gasteiger partial charge is 0.326 e. The first-order valence-corrected chi connectivity index (χ1v) is 11.0. The van der Waals surface area contributed by atoms with Gasteiger partial charge < -0.3 is 4.57 Å². The first-order valence-electron chi connectivity index (χ1n) is 9.38. The van der Waals surface area contributed by atoms with E-state index in [1.807, 2.05) is 0 Å². The van der Waals surface area contributed by atoms with Crippen molar-refractivity contribution in [3.8, 4) is 11.5 Å². The third-order valence-corrected chi connectivity index (χ3v) is 6.85. The number of hydrogen-bond acceptors (Lipinski definition) is 4. The van der Waals surface area contributed by atoms with Crippen molar-refractivity contribution in [3.63, 3.8) is 0 Å². The molecule has 1 aliphatic carbocycles. The zero-order valence-electron chi connectivity index (χ0n) is 16.8. The van der Waals surface area contributed by atoms with Crippen molar-refractivity contribution >= 4 is 15.9 Å². The highest BCUT2D eigenvalue weighted by atomic mass is 32.2. The number of sulfone groups is 1. The van der Waals surface area contributed by atoms with Crippen LogP contribution in [-0.2, 0) is 16.9 Å². The van der Waals surface area contributed by atoms with E-state index in [4.69, 9.17) is 0 Å². The van der Waals surface area contributed by atoms with E-state index in [2.05, 4.69) is 9.97 Å². The number of nitrogens with zero attached hydrogens (tertiary/aromatic N) is 3. The molecule has 1 fully saturated rings. The predicted octanol–water partition coefficient (Wildman–Crippen LogP) is 5.00. The monoisotopic (exact) mass is 485 g/mol. The molecule has 0 unspecified atom stereocenters. The van der Waals surface area contributed by atoms with Crippen molar-refractivity contribution in [2.24, 2.45) is 7.05 Å². The number of allylic oxidation sites excluding steroid dienone is 1. The third-order valence-electron chi connectivity index (χ3n) is 5.11. The Morgan fingerprint density at radius 1 is 1.09 bits per heavy atom. The molecule has 13 heteroatoms. The van der Waals surface area contributed by atoms with Crippen molar-refractivity contribution in [3.05, 3.63) is 35.8 Å². The second-order valence-electron chi connectivity index (χ2n) is 7.39. The largest absolute Gasteiger partial charge is 0.460 e. The molecule has 0 spiro atoms. The summed E-state index contributed by atoms with van der Waals surface area (Å²) in [5.41, 5.74) is 0.389. The van der Waals surface area contributed by atoms with Crippen LogP contribution in [0.5, 0.6) is 0 Å². The van der Waals surface area contributed by atoms with Crippen LogP contribution in [0, 0.1) is 0 Å². The SMILES string of the molecule is CCS(=O)(=O)c1cc(C2CC2)cnc1-c1ncc(/C=C/C(F)(F)C(F)(F)C(F)(F)F)n1C. The van der Waals surface area contributed by atoms with Gasteiger partial charge in [-0.15, -0.1) is 0 Å². The van der Waals surface area contributed by atoms with Gasteiger partial charge in [-0.25, -0.2) is 13.4 Å². The molecule has 0 atom stereocenters. The summed E-state index contributed by atoms with van der Waals surface area (Å²) < 4.78 is 116. The van der Waals surface area contributed by atoms with Crippen LogP contribution in [-0.4, -0.2) is 46.7 Å². The quantitative estimate of drug-likeness (QED) is 0.518. The van der Waals surface area contributed by atoms with E-state index in [0.29, 0.717) is 6.08 Å². The van der Waals surface area contributed by atoms with E-state index in [0.717, 1.165) is 29.2 Å².